The van der Waals surface area contributed by atoms with E-state index >= 15 is 0 Å². The van der Waals surface area contributed by atoms with Crippen LogP contribution in [0.1, 0.15) is 31.4 Å². The number of carbonyl (C=O) groups is 2. The van der Waals surface area contributed by atoms with Crippen molar-refractivity contribution in [2.45, 2.75) is 25.8 Å². The lowest BCUT2D eigenvalue weighted by Gasteiger charge is -2.40. The molecule has 0 radical (unpaired) electrons. The van der Waals surface area contributed by atoms with Crippen molar-refractivity contribution in [3.8, 4) is 0 Å². The Hall–Kier alpha value is -3.06. The van der Waals surface area contributed by atoms with Gasteiger partial charge in [-0.3, -0.25) is 14.5 Å². The first kappa shape index (κ1) is 24.6. The van der Waals surface area contributed by atoms with Crippen molar-refractivity contribution in [1.82, 2.24) is 10.2 Å². The Labute approximate surface area is 197 Å². The Morgan fingerprint density at radius 3 is 2.24 bits per heavy atom. The van der Waals surface area contributed by atoms with Gasteiger partial charge in [-0.15, -0.1) is 0 Å². The van der Waals surface area contributed by atoms with Gasteiger partial charge in [-0.05, 0) is 36.8 Å². The molecule has 1 saturated heterocycles. The van der Waals surface area contributed by atoms with Crippen molar-refractivity contribution in [2.75, 3.05) is 63.2 Å². The first-order valence-electron chi connectivity index (χ1n) is 11.7. The van der Waals surface area contributed by atoms with Crippen LogP contribution in [0.5, 0.6) is 0 Å². The molecule has 2 aromatic rings. The Balaban J connectivity index is 1.64. The number of ether oxygens (including phenoxy) is 1. The second-order valence-corrected chi connectivity index (χ2v) is 8.47. The number of hydrogen-bond donors (Lipinski definition) is 1. The van der Waals surface area contributed by atoms with Crippen LogP contribution >= 0.6 is 0 Å². The highest BCUT2D eigenvalue weighted by Gasteiger charge is 2.26. The van der Waals surface area contributed by atoms with Crippen LogP contribution in [0.2, 0.25) is 0 Å². The Bertz CT molecular complexity index is 878. The van der Waals surface area contributed by atoms with E-state index in [0.29, 0.717) is 13.2 Å². The molecule has 3 rings (SSSR count). The lowest BCUT2D eigenvalue weighted by atomic mass is 10.0. The standard InChI is InChI=1S/C26H36N4O3/c1-4-33-26(32)15-14-25(31)27-20-24(21-10-12-22(13-11-21)28(2)3)30-18-16-29(17-19-30)23-8-6-5-7-9-23/h5-13,24H,4,14-20H2,1-3H3,(H,27,31). The molecule has 1 amide bonds. The summed E-state index contributed by atoms with van der Waals surface area (Å²) < 4.78 is 4.92. The summed E-state index contributed by atoms with van der Waals surface area (Å²) in [5.41, 5.74) is 3.57. The first-order valence-corrected chi connectivity index (χ1v) is 11.7. The summed E-state index contributed by atoms with van der Waals surface area (Å²) in [5, 5.41) is 3.04. The fourth-order valence-corrected chi connectivity index (χ4v) is 4.13. The molecule has 1 unspecified atom stereocenters. The van der Waals surface area contributed by atoms with Crippen LogP contribution in [0.15, 0.2) is 54.6 Å². The first-order chi connectivity index (χ1) is 16.0. The number of hydrogen-bond acceptors (Lipinski definition) is 6. The maximum Gasteiger partial charge on any atom is 0.306 e. The number of para-hydroxylation sites is 1. The zero-order valence-electron chi connectivity index (χ0n) is 20.0. The molecule has 178 valence electrons. The third-order valence-corrected chi connectivity index (χ3v) is 6.02. The highest BCUT2D eigenvalue weighted by molar-refractivity contribution is 5.81. The van der Waals surface area contributed by atoms with Gasteiger partial charge in [-0.2, -0.15) is 0 Å². The Morgan fingerprint density at radius 1 is 0.970 bits per heavy atom. The molecular formula is C26H36N4O3. The summed E-state index contributed by atoms with van der Waals surface area (Å²) in [7, 11) is 4.05. The molecule has 0 aliphatic carbocycles. The van der Waals surface area contributed by atoms with Gasteiger partial charge in [0.15, 0.2) is 0 Å². The molecule has 0 saturated carbocycles. The molecule has 33 heavy (non-hydrogen) atoms. The third-order valence-electron chi connectivity index (χ3n) is 6.02. The van der Waals surface area contributed by atoms with E-state index in [1.807, 2.05) is 20.2 Å². The number of piperazine rings is 1. The largest absolute Gasteiger partial charge is 0.466 e. The third kappa shape index (κ3) is 7.22. The van der Waals surface area contributed by atoms with Crippen molar-refractivity contribution < 1.29 is 14.3 Å². The zero-order chi connectivity index (χ0) is 23.6. The SMILES string of the molecule is CCOC(=O)CCC(=O)NCC(c1ccc(N(C)C)cc1)N1CCN(c2ccccc2)CC1. The molecule has 7 nitrogen and oxygen atoms in total. The van der Waals surface area contributed by atoms with Crippen LogP contribution in [0.3, 0.4) is 0 Å². The minimum Gasteiger partial charge on any atom is -0.466 e. The predicted octanol–water partition coefficient (Wildman–Crippen LogP) is 3.08. The van der Waals surface area contributed by atoms with E-state index in [9.17, 15) is 9.59 Å². The van der Waals surface area contributed by atoms with E-state index in [-0.39, 0.29) is 30.8 Å². The smallest absolute Gasteiger partial charge is 0.306 e. The molecule has 1 heterocycles. The monoisotopic (exact) mass is 452 g/mol. The second-order valence-electron chi connectivity index (χ2n) is 8.47. The summed E-state index contributed by atoms with van der Waals surface area (Å²) in [6.45, 7) is 6.30. The molecule has 1 atom stereocenters. The minimum atomic E-state index is -0.333. The van der Waals surface area contributed by atoms with E-state index in [1.165, 1.54) is 11.3 Å². The second kappa shape index (κ2) is 12.3. The van der Waals surface area contributed by atoms with Crippen LogP contribution in [-0.4, -0.2) is 70.2 Å². The van der Waals surface area contributed by atoms with Gasteiger partial charge in [0.25, 0.3) is 0 Å². The van der Waals surface area contributed by atoms with Gasteiger partial charge in [0.05, 0.1) is 19.1 Å². The molecule has 1 aliphatic heterocycles. The summed E-state index contributed by atoms with van der Waals surface area (Å²) in [6, 6.07) is 19.1. The predicted molar refractivity (Wildman–Crippen MR) is 133 cm³/mol. The highest BCUT2D eigenvalue weighted by atomic mass is 16.5. The van der Waals surface area contributed by atoms with Crippen LogP contribution in [0, 0.1) is 0 Å². The van der Waals surface area contributed by atoms with E-state index in [2.05, 4.69) is 68.5 Å². The molecule has 0 bridgehead atoms. The molecular weight excluding hydrogens is 416 g/mol. The lowest BCUT2D eigenvalue weighted by Crippen LogP contribution is -2.50. The van der Waals surface area contributed by atoms with Gasteiger partial charge in [-0.1, -0.05) is 30.3 Å². The van der Waals surface area contributed by atoms with Gasteiger partial charge < -0.3 is 19.9 Å². The topological polar surface area (TPSA) is 65.1 Å². The minimum absolute atomic E-state index is 0.0747. The number of nitrogens with zero attached hydrogens (tertiary/aromatic N) is 3. The number of rotatable bonds is 10. The molecule has 1 fully saturated rings. The number of carbonyl (C=O) groups excluding carboxylic acids is 2. The van der Waals surface area contributed by atoms with Crippen molar-refractivity contribution in [1.29, 1.82) is 0 Å². The van der Waals surface area contributed by atoms with Gasteiger partial charge in [-0.25, -0.2) is 0 Å². The van der Waals surface area contributed by atoms with Gasteiger partial charge in [0, 0.05) is 64.6 Å². The average molecular weight is 453 g/mol. The molecule has 0 spiro atoms. The Kier molecular flexibility index (Phi) is 9.13. The highest BCUT2D eigenvalue weighted by Crippen LogP contribution is 2.25. The number of nitrogens with one attached hydrogen (secondary N) is 1. The normalized spacial score (nSPS) is 15.1. The van der Waals surface area contributed by atoms with Gasteiger partial charge >= 0.3 is 5.97 Å². The summed E-state index contributed by atoms with van der Waals surface area (Å²) >= 11 is 0. The molecule has 0 aromatic heterocycles. The maximum atomic E-state index is 12.4. The zero-order valence-corrected chi connectivity index (χ0v) is 20.0. The average Bonchev–Trinajstić information content (AvgIpc) is 2.84. The van der Waals surface area contributed by atoms with E-state index < -0.39 is 0 Å². The molecule has 2 aromatic carbocycles. The van der Waals surface area contributed by atoms with Crippen LogP contribution in [0.4, 0.5) is 11.4 Å². The number of anilines is 2. The maximum absolute atomic E-state index is 12.4. The van der Waals surface area contributed by atoms with Gasteiger partial charge in [0.2, 0.25) is 5.91 Å². The fourth-order valence-electron chi connectivity index (χ4n) is 4.13. The quantitative estimate of drug-likeness (QED) is 0.559. The number of esters is 1. The van der Waals surface area contributed by atoms with Gasteiger partial charge in [0.1, 0.15) is 0 Å². The van der Waals surface area contributed by atoms with E-state index in [0.717, 1.165) is 31.9 Å². The lowest BCUT2D eigenvalue weighted by molar-refractivity contribution is -0.144. The van der Waals surface area contributed by atoms with Crippen LogP contribution < -0.4 is 15.1 Å². The van der Waals surface area contributed by atoms with Crippen molar-refractivity contribution in [3.05, 3.63) is 60.2 Å². The summed E-state index contributed by atoms with van der Waals surface area (Å²) in [4.78, 5) is 30.9. The van der Waals surface area contributed by atoms with Crippen LogP contribution in [-0.2, 0) is 14.3 Å². The van der Waals surface area contributed by atoms with E-state index in [4.69, 9.17) is 4.74 Å². The number of amides is 1. The van der Waals surface area contributed by atoms with Crippen molar-refractivity contribution >= 4 is 23.3 Å². The number of benzene rings is 2. The fraction of sp³-hybridized carbons (Fsp3) is 0.462. The van der Waals surface area contributed by atoms with Crippen molar-refractivity contribution in [3.63, 3.8) is 0 Å². The molecule has 1 aliphatic rings. The molecule has 1 N–H and O–H groups in total. The summed E-state index contributed by atoms with van der Waals surface area (Å²) in [6.07, 6.45) is 0.254. The summed E-state index contributed by atoms with van der Waals surface area (Å²) in [5.74, 6) is -0.457. The van der Waals surface area contributed by atoms with Crippen molar-refractivity contribution in [2.24, 2.45) is 0 Å². The Morgan fingerprint density at radius 2 is 1.64 bits per heavy atom. The van der Waals surface area contributed by atoms with Crippen LogP contribution in [0.25, 0.3) is 0 Å². The van der Waals surface area contributed by atoms with E-state index in [1.54, 1.807) is 6.92 Å². The molecule has 7 heteroatoms.